The lowest BCUT2D eigenvalue weighted by atomic mass is 10.2. The number of aromatic nitrogens is 1. The van der Waals surface area contributed by atoms with Crippen molar-refractivity contribution in [2.45, 2.75) is 19.1 Å². The van der Waals surface area contributed by atoms with Crippen LogP contribution in [0.15, 0.2) is 24.4 Å². The third kappa shape index (κ3) is 6.05. The SMILES string of the molecule is CN(Cc1ccccn1)C(=O)CC1CNCCO1.Cl.Cl. The van der Waals surface area contributed by atoms with E-state index in [-0.39, 0.29) is 36.8 Å². The monoisotopic (exact) mass is 321 g/mol. The molecule has 114 valence electrons. The van der Waals surface area contributed by atoms with Crippen molar-refractivity contribution < 1.29 is 9.53 Å². The molecule has 0 aliphatic carbocycles. The molecule has 1 saturated heterocycles. The fraction of sp³-hybridized carbons (Fsp3) is 0.538. The summed E-state index contributed by atoms with van der Waals surface area (Å²) in [5, 5.41) is 3.22. The standard InChI is InChI=1S/C13H19N3O2.2ClH/c1-16(10-11-4-2-3-5-15-11)13(17)8-12-9-14-6-7-18-12;;/h2-5,12,14H,6-10H2,1H3;2*1H. The van der Waals surface area contributed by atoms with Crippen LogP contribution in [0.25, 0.3) is 0 Å². The van der Waals surface area contributed by atoms with Crippen LogP contribution in [-0.4, -0.2) is 48.6 Å². The Labute approximate surface area is 131 Å². The zero-order valence-corrected chi connectivity index (χ0v) is 13.1. The van der Waals surface area contributed by atoms with E-state index in [0.717, 1.165) is 18.8 Å². The molecule has 1 amide bonds. The Morgan fingerprint density at radius 1 is 1.50 bits per heavy atom. The molecular weight excluding hydrogens is 301 g/mol. The van der Waals surface area contributed by atoms with Crippen molar-refractivity contribution in [3.05, 3.63) is 30.1 Å². The summed E-state index contributed by atoms with van der Waals surface area (Å²) in [6.45, 7) is 2.85. The van der Waals surface area contributed by atoms with Crippen LogP contribution in [0, 0.1) is 0 Å². The highest BCUT2D eigenvalue weighted by Crippen LogP contribution is 2.06. The second-order valence-electron chi connectivity index (χ2n) is 4.47. The lowest BCUT2D eigenvalue weighted by Gasteiger charge is -2.25. The summed E-state index contributed by atoms with van der Waals surface area (Å²) in [7, 11) is 1.80. The van der Waals surface area contributed by atoms with Gasteiger partial charge in [-0.3, -0.25) is 9.78 Å². The van der Waals surface area contributed by atoms with Crippen LogP contribution in [0.2, 0.25) is 0 Å². The van der Waals surface area contributed by atoms with Gasteiger partial charge in [0.1, 0.15) is 0 Å². The van der Waals surface area contributed by atoms with Gasteiger partial charge in [0.25, 0.3) is 0 Å². The van der Waals surface area contributed by atoms with Gasteiger partial charge < -0.3 is 15.0 Å². The number of rotatable bonds is 4. The molecule has 0 aromatic carbocycles. The number of hydrogen-bond acceptors (Lipinski definition) is 4. The maximum atomic E-state index is 12.0. The Hall–Kier alpha value is -0.880. The van der Waals surface area contributed by atoms with Crippen LogP contribution in [-0.2, 0) is 16.1 Å². The first kappa shape index (κ1) is 19.1. The maximum Gasteiger partial charge on any atom is 0.225 e. The molecule has 0 radical (unpaired) electrons. The first-order chi connectivity index (χ1) is 8.75. The van der Waals surface area contributed by atoms with Gasteiger partial charge in [0.2, 0.25) is 5.91 Å². The predicted molar refractivity (Wildman–Crippen MR) is 82.4 cm³/mol. The Balaban J connectivity index is 0.00000180. The molecule has 1 aromatic heterocycles. The zero-order chi connectivity index (χ0) is 12.8. The topological polar surface area (TPSA) is 54.5 Å². The summed E-state index contributed by atoms with van der Waals surface area (Å²) in [6.07, 6.45) is 2.16. The van der Waals surface area contributed by atoms with Gasteiger partial charge in [-0.05, 0) is 12.1 Å². The molecule has 1 N–H and O–H groups in total. The molecule has 5 nitrogen and oxygen atoms in total. The summed E-state index contributed by atoms with van der Waals surface area (Å²) in [5.74, 6) is 0.0920. The minimum absolute atomic E-state index is 0. The molecule has 0 spiro atoms. The van der Waals surface area contributed by atoms with E-state index in [2.05, 4.69) is 10.3 Å². The van der Waals surface area contributed by atoms with E-state index in [4.69, 9.17) is 4.74 Å². The van der Waals surface area contributed by atoms with E-state index in [9.17, 15) is 4.79 Å². The molecular formula is C13H21Cl2N3O2. The van der Waals surface area contributed by atoms with Crippen molar-refractivity contribution in [1.82, 2.24) is 15.2 Å². The summed E-state index contributed by atoms with van der Waals surface area (Å²) < 4.78 is 5.52. The molecule has 1 aliphatic heterocycles. The maximum absolute atomic E-state index is 12.0. The molecule has 2 rings (SSSR count). The number of morpholine rings is 1. The second-order valence-corrected chi connectivity index (χ2v) is 4.47. The summed E-state index contributed by atoms with van der Waals surface area (Å²) >= 11 is 0. The van der Waals surface area contributed by atoms with Gasteiger partial charge >= 0.3 is 0 Å². The number of carbonyl (C=O) groups excluding carboxylic acids is 1. The van der Waals surface area contributed by atoms with Gasteiger partial charge in [-0.1, -0.05) is 6.07 Å². The third-order valence-corrected chi connectivity index (χ3v) is 2.96. The van der Waals surface area contributed by atoms with Gasteiger partial charge in [0, 0.05) is 26.3 Å². The quantitative estimate of drug-likeness (QED) is 0.907. The second kappa shape index (κ2) is 9.94. The summed E-state index contributed by atoms with van der Waals surface area (Å²) in [6, 6.07) is 5.71. The van der Waals surface area contributed by atoms with Crippen molar-refractivity contribution in [1.29, 1.82) is 0 Å². The number of amides is 1. The largest absolute Gasteiger partial charge is 0.375 e. The molecule has 0 bridgehead atoms. The molecule has 1 aliphatic rings. The fourth-order valence-electron chi connectivity index (χ4n) is 1.92. The minimum atomic E-state index is -0.00238. The molecule has 1 atom stereocenters. The van der Waals surface area contributed by atoms with Crippen LogP contribution in [0.1, 0.15) is 12.1 Å². The summed E-state index contributed by atoms with van der Waals surface area (Å²) in [4.78, 5) is 17.9. The molecule has 0 saturated carbocycles. The average Bonchev–Trinajstić information content (AvgIpc) is 2.41. The Morgan fingerprint density at radius 2 is 2.30 bits per heavy atom. The molecule has 2 heterocycles. The Bertz CT molecular complexity index is 386. The predicted octanol–water partition coefficient (Wildman–Crippen LogP) is 1.26. The van der Waals surface area contributed by atoms with Crippen molar-refractivity contribution in [3.63, 3.8) is 0 Å². The van der Waals surface area contributed by atoms with E-state index in [1.54, 1.807) is 18.1 Å². The molecule has 7 heteroatoms. The number of halogens is 2. The highest BCUT2D eigenvalue weighted by Gasteiger charge is 2.19. The number of nitrogens with one attached hydrogen (secondary N) is 1. The smallest absolute Gasteiger partial charge is 0.225 e. The lowest BCUT2D eigenvalue weighted by molar-refractivity contribution is -0.134. The van der Waals surface area contributed by atoms with Crippen LogP contribution in [0.4, 0.5) is 0 Å². The van der Waals surface area contributed by atoms with E-state index in [1.165, 1.54) is 0 Å². The van der Waals surface area contributed by atoms with E-state index >= 15 is 0 Å². The van der Waals surface area contributed by atoms with Crippen molar-refractivity contribution in [2.75, 3.05) is 26.7 Å². The molecule has 1 aromatic rings. The Kier molecular flexibility index (Phi) is 9.50. The van der Waals surface area contributed by atoms with E-state index in [0.29, 0.717) is 19.6 Å². The van der Waals surface area contributed by atoms with Gasteiger partial charge in [-0.25, -0.2) is 0 Å². The van der Waals surface area contributed by atoms with Gasteiger partial charge in [-0.15, -0.1) is 24.8 Å². The first-order valence-electron chi connectivity index (χ1n) is 6.22. The number of ether oxygens (including phenoxy) is 1. The van der Waals surface area contributed by atoms with Crippen molar-refractivity contribution in [3.8, 4) is 0 Å². The molecule has 20 heavy (non-hydrogen) atoms. The number of carbonyl (C=O) groups is 1. The molecule has 1 unspecified atom stereocenters. The summed E-state index contributed by atoms with van der Waals surface area (Å²) in [5.41, 5.74) is 0.899. The van der Waals surface area contributed by atoms with Crippen LogP contribution < -0.4 is 5.32 Å². The lowest BCUT2D eigenvalue weighted by Crippen LogP contribution is -2.41. The molecule has 1 fully saturated rings. The van der Waals surface area contributed by atoms with E-state index in [1.807, 2.05) is 18.2 Å². The van der Waals surface area contributed by atoms with Crippen LogP contribution >= 0.6 is 24.8 Å². The van der Waals surface area contributed by atoms with Crippen LogP contribution in [0.3, 0.4) is 0 Å². The normalized spacial score (nSPS) is 17.6. The average molecular weight is 322 g/mol. The fourth-order valence-corrected chi connectivity index (χ4v) is 1.92. The third-order valence-electron chi connectivity index (χ3n) is 2.96. The van der Waals surface area contributed by atoms with Gasteiger partial charge in [0.15, 0.2) is 0 Å². The van der Waals surface area contributed by atoms with E-state index < -0.39 is 0 Å². The number of hydrogen-bond donors (Lipinski definition) is 1. The Morgan fingerprint density at radius 3 is 2.90 bits per heavy atom. The zero-order valence-electron chi connectivity index (χ0n) is 11.4. The minimum Gasteiger partial charge on any atom is -0.375 e. The number of nitrogens with zero attached hydrogens (tertiary/aromatic N) is 2. The highest BCUT2D eigenvalue weighted by molar-refractivity contribution is 5.85. The number of pyridine rings is 1. The van der Waals surface area contributed by atoms with Gasteiger partial charge in [-0.2, -0.15) is 0 Å². The highest BCUT2D eigenvalue weighted by atomic mass is 35.5. The van der Waals surface area contributed by atoms with Crippen molar-refractivity contribution >= 4 is 30.7 Å². The first-order valence-corrected chi connectivity index (χ1v) is 6.22. The van der Waals surface area contributed by atoms with Crippen molar-refractivity contribution in [2.24, 2.45) is 0 Å². The van der Waals surface area contributed by atoms with Crippen LogP contribution in [0.5, 0.6) is 0 Å². The van der Waals surface area contributed by atoms with Gasteiger partial charge in [0.05, 0.1) is 31.4 Å².